The Morgan fingerprint density at radius 1 is 1.42 bits per heavy atom. The van der Waals surface area contributed by atoms with Gasteiger partial charge in [-0.1, -0.05) is 0 Å². The largest absolute Gasteiger partial charge is 0.397 e. The first kappa shape index (κ1) is 9.29. The summed E-state index contributed by atoms with van der Waals surface area (Å²) in [7, 11) is 0. The monoisotopic (exact) mass is 185 g/mol. The van der Waals surface area contributed by atoms with Gasteiger partial charge in [-0.2, -0.15) is 0 Å². The average Bonchev–Trinajstić information content (AvgIpc) is 2.70. The third-order valence-corrected chi connectivity index (χ3v) is 2.10. The predicted octanol–water partition coefficient (Wildman–Crippen LogP) is 1.03. The van der Waals surface area contributed by atoms with E-state index in [0.717, 1.165) is 18.5 Å². The quantitative estimate of drug-likeness (QED) is 0.687. The third-order valence-electron chi connectivity index (χ3n) is 2.10. The number of nitrogen functional groups attached to an aromatic ring is 1. The summed E-state index contributed by atoms with van der Waals surface area (Å²) in [5.74, 6) is 0. The van der Waals surface area contributed by atoms with Gasteiger partial charge in [-0.25, -0.2) is 0 Å². The molecule has 3 nitrogen and oxygen atoms in total. The van der Waals surface area contributed by atoms with Crippen LogP contribution in [0.4, 0.5) is 5.69 Å². The molecular formula is C8H12ClN3. The Labute approximate surface area is 77.6 Å². The first-order chi connectivity index (χ1) is 5.22. The van der Waals surface area contributed by atoms with E-state index in [1.165, 1.54) is 0 Å². The Hall–Kier alpha value is -0.800. The lowest BCUT2D eigenvalue weighted by molar-refractivity contribution is 0.711. The standard InChI is InChI=1S/C8H11N3.ClH/c9-6-2-1-5-11-7(6)8(10)3-4-8;/h1-2,5H,3-4,9-10H2;1H. The van der Waals surface area contributed by atoms with Gasteiger partial charge in [-0.05, 0) is 25.0 Å². The van der Waals surface area contributed by atoms with Gasteiger partial charge < -0.3 is 11.5 Å². The molecule has 1 aliphatic rings. The highest BCUT2D eigenvalue weighted by atomic mass is 35.5. The van der Waals surface area contributed by atoms with Crippen LogP contribution in [-0.2, 0) is 5.54 Å². The highest BCUT2D eigenvalue weighted by Gasteiger charge is 2.42. The Morgan fingerprint density at radius 2 is 2.08 bits per heavy atom. The number of rotatable bonds is 1. The number of aromatic nitrogens is 1. The number of halogens is 1. The summed E-state index contributed by atoms with van der Waals surface area (Å²) in [6.07, 6.45) is 3.75. The van der Waals surface area contributed by atoms with Crippen LogP contribution in [0.3, 0.4) is 0 Å². The molecule has 66 valence electrons. The van der Waals surface area contributed by atoms with Crippen molar-refractivity contribution in [2.45, 2.75) is 18.4 Å². The summed E-state index contributed by atoms with van der Waals surface area (Å²) in [4.78, 5) is 4.16. The van der Waals surface area contributed by atoms with Gasteiger partial charge in [0.2, 0.25) is 0 Å². The average molecular weight is 186 g/mol. The van der Waals surface area contributed by atoms with Gasteiger partial charge in [-0.3, -0.25) is 4.98 Å². The maximum atomic E-state index is 5.93. The molecule has 0 aliphatic heterocycles. The van der Waals surface area contributed by atoms with E-state index in [4.69, 9.17) is 11.5 Å². The second kappa shape index (κ2) is 2.92. The van der Waals surface area contributed by atoms with Crippen molar-refractivity contribution in [1.82, 2.24) is 4.98 Å². The molecule has 1 saturated carbocycles. The molecule has 0 unspecified atom stereocenters. The molecule has 1 aromatic heterocycles. The van der Waals surface area contributed by atoms with E-state index in [1.54, 1.807) is 6.20 Å². The lowest BCUT2D eigenvalue weighted by Crippen LogP contribution is -2.21. The van der Waals surface area contributed by atoms with Crippen molar-refractivity contribution in [2.75, 3.05) is 5.73 Å². The van der Waals surface area contributed by atoms with E-state index in [9.17, 15) is 0 Å². The fourth-order valence-corrected chi connectivity index (χ4v) is 1.21. The molecule has 1 aromatic rings. The van der Waals surface area contributed by atoms with Crippen LogP contribution in [0.15, 0.2) is 18.3 Å². The van der Waals surface area contributed by atoms with Gasteiger partial charge in [0.15, 0.2) is 0 Å². The van der Waals surface area contributed by atoms with Crippen molar-refractivity contribution in [3.05, 3.63) is 24.0 Å². The smallest absolute Gasteiger partial charge is 0.0831 e. The number of nitrogens with zero attached hydrogens (tertiary/aromatic N) is 1. The molecule has 1 heterocycles. The van der Waals surface area contributed by atoms with Crippen molar-refractivity contribution in [3.63, 3.8) is 0 Å². The van der Waals surface area contributed by atoms with E-state index in [1.807, 2.05) is 12.1 Å². The zero-order valence-electron chi connectivity index (χ0n) is 6.66. The highest BCUT2D eigenvalue weighted by molar-refractivity contribution is 5.85. The topological polar surface area (TPSA) is 64.9 Å². The molecular weight excluding hydrogens is 174 g/mol. The van der Waals surface area contributed by atoms with Crippen LogP contribution >= 0.6 is 12.4 Å². The minimum Gasteiger partial charge on any atom is -0.397 e. The third kappa shape index (κ3) is 1.38. The molecule has 0 amide bonds. The van der Waals surface area contributed by atoms with Crippen molar-refractivity contribution >= 4 is 18.1 Å². The Kier molecular flexibility index (Phi) is 2.26. The molecule has 0 atom stereocenters. The number of pyridine rings is 1. The van der Waals surface area contributed by atoms with Crippen LogP contribution in [0.2, 0.25) is 0 Å². The maximum Gasteiger partial charge on any atom is 0.0831 e. The Morgan fingerprint density at radius 3 is 2.58 bits per heavy atom. The second-order valence-electron chi connectivity index (χ2n) is 3.10. The summed E-state index contributed by atoms with van der Waals surface area (Å²) >= 11 is 0. The van der Waals surface area contributed by atoms with Gasteiger partial charge in [0.25, 0.3) is 0 Å². The number of anilines is 1. The fourth-order valence-electron chi connectivity index (χ4n) is 1.21. The number of hydrogen-bond donors (Lipinski definition) is 2. The van der Waals surface area contributed by atoms with E-state index < -0.39 is 0 Å². The van der Waals surface area contributed by atoms with Crippen molar-refractivity contribution in [3.8, 4) is 0 Å². The van der Waals surface area contributed by atoms with Crippen LogP contribution in [0, 0.1) is 0 Å². The fraction of sp³-hybridized carbons (Fsp3) is 0.375. The van der Waals surface area contributed by atoms with E-state index in [-0.39, 0.29) is 17.9 Å². The van der Waals surface area contributed by atoms with E-state index >= 15 is 0 Å². The van der Waals surface area contributed by atoms with Crippen LogP contribution < -0.4 is 11.5 Å². The summed E-state index contributed by atoms with van der Waals surface area (Å²) in [6, 6.07) is 3.67. The lowest BCUT2D eigenvalue weighted by Gasteiger charge is -2.09. The molecule has 0 aromatic carbocycles. The van der Waals surface area contributed by atoms with Gasteiger partial charge in [0.1, 0.15) is 0 Å². The molecule has 0 spiro atoms. The van der Waals surface area contributed by atoms with Crippen molar-refractivity contribution in [1.29, 1.82) is 0 Å². The van der Waals surface area contributed by atoms with Crippen molar-refractivity contribution in [2.24, 2.45) is 5.73 Å². The number of nitrogens with two attached hydrogens (primary N) is 2. The molecule has 4 heteroatoms. The molecule has 1 fully saturated rings. The molecule has 2 rings (SSSR count). The lowest BCUT2D eigenvalue weighted by atomic mass is 10.1. The van der Waals surface area contributed by atoms with Crippen molar-refractivity contribution < 1.29 is 0 Å². The van der Waals surface area contributed by atoms with Gasteiger partial charge in [0, 0.05) is 6.20 Å². The summed E-state index contributed by atoms with van der Waals surface area (Å²) < 4.78 is 0. The van der Waals surface area contributed by atoms with Gasteiger partial charge in [0.05, 0.1) is 16.9 Å². The molecule has 0 saturated heterocycles. The maximum absolute atomic E-state index is 5.93. The zero-order chi connectivity index (χ0) is 7.90. The minimum atomic E-state index is -0.203. The summed E-state index contributed by atoms with van der Waals surface area (Å²) in [5.41, 5.74) is 13.0. The molecule has 0 bridgehead atoms. The Balaban J connectivity index is 0.000000720. The predicted molar refractivity (Wildman–Crippen MR) is 51.0 cm³/mol. The number of hydrogen-bond acceptors (Lipinski definition) is 3. The highest BCUT2D eigenvalue weighted by Crippen LogP contribution is 2.43. The van der Waals surface area contributed by atoms with Crippen LogP contribution in [0.25, 0.3) is 0 Å². The Bertz CT molecular complexity index is 283. The van der Waals surface area contributed by atoms with Gasteiger partial charge in [-0.15, -0.1) is 12.4 Å². The zero-order valence-corrected chi connectivity index (χ0v) is 7.47. The van der Waals surface area contributed by atoms with Gasteiger partial charge >= 0.3 is 0 Å². The SMILES string of the molecule is Cl.Nc1cccnc1C1(N)CC1. The minimum absolute atomic E-state index is 0. The second-order valence-corrected chi connectivity index (χ2v) is 3.10. The first-order valence-corrected chi connectivity index (χ1v) is 3.72. The first-order valence-electron chi connectivity index (χ1n) is 3.72. The molecule has 4 N–H and O–H groups in total. The van der Waals surface area contributed by atoms with E-state index in [2.05, 4.69) is 4.98 Å². The summed E-state index contributed by atoms with van der Waals surface area (Å²) in [6.45, 7) is 0. The molecule has 12 heavy (non-hydrogen) atoms. The normalized spacial score (nSPS) is 18.1. The summed E-state index contributed by atoms with van der Waals surface area (Å²) in [5, 5.41) is 0. The van der Waals surface area contributed by atoms with Crippen LogP contribution in [-0.4, -0.2) is 4.98 Å². The molecule has 1 aliphatic carbocycles. The van der Waals surface area contributed by atoms with E-state index in [0.29, 0.717) is 5.69 Å². The van der Waals surface area contributed by atoms with Crippen LogP contribution in [0.5, 0.6) is 0 Å². The molecule has 0 radical (unpaired) electrons. The van der Waals surface area contributed by atoms with Crippen LogP contribution in [0.1, 0.15) is 18.5 Å².